The molecule has 0 spiro atoms. The molecule has 1 heterocycles. The van der Waals surface area contributed by atoms with E-state index in [2.05, 4.69) is 10.1 Å². The quantitative estimate of drug-likeness (QED) is 0.386. The van der Waals surface area contributed by atoms with Gasteiger partial charge in [0, 0.05) is 18.9 Å². The summed E-state index contributed by atoms with van der Waals surface area (Å²) in [4.78, 5) is 3.96. The van der Waals surface area contributed by atoms with Gasteiger partial charge in [0.1, 0.15) is 5.82 Å². The molecule has 0 amide bonds. The molecule has 0 saturated carbocycles. The maximum atomic E-state index is 13.0. The van der Waals surface area contributed by atoms with Crippen molar-refractivity contribution in [2.75, 3.05) is 0 Å². The van der Waals surface area contributed by atoms with Crippen LogP contribution in [0.5, 0.6) is 0 Å². The number of rotatable bonds is 3. The minimum Gasteiger partial charge on any atom is -0.409 e. The third-order valence-corrected chi connectivity index (χ3v) is 2.68. The van der Waals surface area contributed by atoms with E-state index in [9.17, 15) is 4.39 Å². The van der Waals surface area contributed by atoms with Gasteiger partial charge in [-0.2, -0.15) is 0 Å². The van der Waals surface area contributed by atoms with Gasteiger partial charge in [0.05, 0.1) is 5.02 Å². The van der Waals surface area contributed by atoms with E-state index in [4.69, 9.17) is 22.5 Å². The molecule has 5 nitrogen and oxygen atoms in total. The number of imidazole rings is 1. The van der Waals surface area contributed by atoms with Crippen molar-refractivity contribution in [1.29, 1.82) is 0 Å². The Labute approximate surface area is 107 Å². The fourth-order valence-electron chi connectivity index (χ4n) is 1.55. The first-order valence-corrected chi connectivity index (χ1v) is 5.42. The lowest BCUT2D eigenvalue weighted by molar-refractivity contribution is 0.318. The Morgan fingerprint density at radius 3 is 3.00 bits per heavy atom. The van der Waals surface area contributed by atoms with E-state index in [1.165, 1.54) is 18.3 Å². The lowest BCUT2D eigenvalue weighted by atomic mass is 10.2. The van der Waals surface area contributed by atoms with Crippen LogP contribution in [0.4, 0.5) is 4.39 Å². The van der Waals surface area contributed by atoms with Crippen LogP contribution >= 0.6 is 11.6 Å². The van der Waals surface area contributed by atoms with Gasteiger partial charge in [-0.05, 0) is 17.7 Å². The Morgan fingerprint density at radius 2 is 2.33 bits per heavy atom. The average Bonchev–Trinajstić information content (AvgIpc) is 2.81. The predicted molar refractivity (Wildman–Crippen MR) is 65.2 cm³/mol. The van der Waals surface area contributed by atoms with Gasteiger partial charge in [-0.3, -0.25) is 0 Å². The summed E-state index contributed by atoms with van der Waals surface area (Å²) in [5.74, 6) is -0.228. The molecule has 0 aliphatic heterocycles. The van der Waals surface area contributed by atoms with E-state index < -0.39 is 5.82 Å². The maximum Gasteiger partial charge on any atom is 0.206 e. The SMILES string of the molecule is N/C(=N/O)c1nccn1Cc1ccc(F)c(Cl)c1. The zero-order valence-corrected chi connectivity index (χ0v) is 9.97. The third kappa shape index (κ3) is 2.43. The number of halogens is 2. The molecule has 0 bridgehead atoms. The molecule has 0 aliphatic rings. The predicted octanol–water partition coefficient (Wildman–Crippen LogP) is 1.82. The van der Waals surface area contributed by atoms with E-state index in [-0.39, 0.29) is 10.9 Å². The van der Waals surface area contributed by atoms with Gasteiger partial charge in [0.25, 0.3) is 0 Å². The monoisotopic (exact) mass is 268 g/mol. The van der Waals surface area contributed by atoms with Crippen molar-refractivity contribution in [2.24, 2.45) is 10.9 Å². The van der Waals surface area contributed by atoms with Gasteiger partial charge in [-0.1, -0.05) is 22.8 Å². The Kier molecular flexibility index (Phi) is 3.47. The van der Waals surface area contributed by atoms with Crippen molar-refractivity contribution < 1.29 is 9.60 Å². The van der Waals surface area contributed by atoms with Crippen molar-refractivity contribution in [3.05, 3.63) is 52.8 Å². The van der Waals surface area contributed by atoms with Crippen molar-refractivity contribution in [3.63, 3.8) is 0 Å². The minimum atomic E-state index is -0.470. The molecule has 0 fully saturated rings. The zero-order valence-electron chi connectivity index (χ0n) is 9.22. The van der Waals surface area contributed by atoms with Crippen LogP contribution in [-0.4, -0.2) is 20.6 Å². The summed E-state index contributed by atoms with van der Waals surface area (Å²) in [5.41, 5.74) is 6.26. The number of aromatic nitrogens is 2. The summed E-state index contributed by atoms with van der Waals surface area (Å²) in [6.07, 6.45) is 3.20. The van der Waals surface area contributed by atoms with Crippen LogP contribution in [0.15, 0.2) is 35.7 Å². The summed E-state index contributed by atoms with van der Waals surface area (Å²) in [7, 11) is 0. The first-order chi connectivity index (χ1) is 8.61. The highest BCUT2D eigenvalue weighted by Gasteiger charge is 2.09. The van der Waals surface area contributed by atoms with Crippen LogP contribution in [0.3, 0.4) is 0 Å². The molecule has 2 rings (SSSR count). The van der Waals surface area contributed by atoms with Crippen molar-refractivity contribution in [3.8, 4) is 0 Å². The fourth-order valence-corrected chi connectivity index (χ4v) is 1.75. The van der Waals surface area contributed by atoms with Crippen molar-refractivity contribution in [1.82, 2.24) is 9.55 Å². The van der Waals surface area contributed by atoms with E-state index >= 15 is 0 Å². The zero-order chi connectivity index (χ0) is 13.1. The topological polar surface area (TPSA) is 76.4 Å². The highest BCUT2D eigenvalue weighted by atomic mass is 35.5. The number of nitrogens with zero attached hydrogens (tertiary/aromatic N) is 3. The maximum absolute atomic E-state index is 13.0. The molecule has 0 radical (unpaired) electrons. The molecule has 18 heavy (non-hydrogen) atoms. The third-order valence-electron chi connectivity index (χ3n) is 2.39. The van der Waals surface area contributed by atoms with Crippen LogP contribution in [0.2, 0.25) is 5.02 Å². The molecule has 2 aromatic rings. The minimum absolute atomic E-state index is 0.0537. The highest BCUT2D eigenvalue weighted by Crippen LogP contribution is 2.17. The molecule has 3 N–H and O–H groups in total. The lowest BCUT2D eigenvalue weighted by Gasteiger charge is -2.07. The van der Waals surface area contributed by atoms with Crippen LogP contribution in [0, 0.1) is 5.82 Å². The smallest absolute Gasteiger partial charge is 0.206 e. The van der Waals surface area contributed by atoms with Gasteiger partial charge in [-0.25, -0.2) is 9.37 Å². The normalized spacial score (nSPS) is 11.8. The van der Waals surface area contributed by atoms with Gasteiger partial charge < -0.3 is 15.5 Å². The molecular formula is C11H10ClFN4O. The number of nitrogens with two attached hydrogens (primary N) is 1. The van der Waals surface area contributed by atoms with Crippen LogP contribution in [0.1, 0.15) is 11.4 Å². The van der Waals surface area contributed by atoms with Gasteiger partial charge in [0.15, 0.2) is 5.82 Å². The second-order valence-corrected chi connectivity index (χ2v) is 4.02. The number of amidine groups is 1. The van der Waals surface area contributed by atoms with E-state index in [0.29, 0.717) is 12.4 Å². The van der Waals surface area contributed by atoms with E-state index in [0.717, 1.165) is 5.56 Å². The van der Waals surface area contributed by atoms with Gasteiger partial charge in [-0.15, -0.1) is 0 Å². The highest BCUT2D eigenvalue weighted by molar-refractivity contribution is 6.30. The number of benzene rings is 1. The fraction of sp³-hybridized carbons (Fsp3) is 0.0909. The molecule has 1 aromatic heterocycles. The summed E-state index contributed by atoms with van der Waals surface area (Å²) < 4.78 is 14.7. The molecule has 1 aromatic carbocycles. The lowest BCUT2D eigenvalue weighted by Crippen LogP contribution is -2.19. The Morgan fingerprint density at radius 1 is 1.56 bits per heavy atom. The second-order valence-electron chi connectivity index (χ2n) is 3.61. The van der Waals surface area contributed by atoms with E-state index in [1.54, 1.807) is 16.8 Å². The molecule has 0 unspecified atom stereocenters. The summed E-state index contributed by atoms with van der Waals surface area (Å²) in [6, 6.07) is 4.42. The molecule has 0 atom stereocenters. The Hall–Kier alpha value is -2.08. The molecular weight excluding hydrogens is 259 g/mol. The number of hydrogen-bond donors (Lipinski definition) is 2. The van der Waals surface area contributed by atoms with Gasteiger partial charge >= 0.3 is 0 Å². The second kappa shape index (κ2) is 5.05. The van der Waals surface area contributed by atoms with Crippen LogP contribution < -0.4 is 5.73 Å². The summed E-state index contributed by atoms with van der Waals surface area (Å²) >= 11 is 5.70. The van der Waals surface area contributed by atoms with Crippen LogP contribution in [0.25, 0.3) is 0 Å². The van der Waals surface area contributed by atoms with Crippen molar-refractivity contribution >= 4 is 17.4 Å². The Bertz CT molecular complexity index is 596. The molecule has 7 heteroatoms. The molecule has 0 aliphatic carbocycles. The largest absolute Gasteiger partial charge is 0.409 e. The number of hydrogen-bond acceptors (Lipinski definition) is 3. The molecule has 0 saturated heterocycles. The van der Waals surface area contributed by atoms with Crippen molar-refractivity contribution in [2.45, 2.75) is 6.54 Å². The van der Waals surface area contributed by atoms with E-state index in [1.807, 2.05) is 0 Å². The first kappa shape index (κ1) is 12.4. The average molecular weight is 269 g/mol. The molecule has 94 valence electrons. The summed E-state index contributed by atoms with van der Waals surface area (Å²) in [6.45, 7) is 0.394. The summed E-state index contributed by atoms with van der Waals surface area (Å²) in [5, 5.41) is 11.6. The standard InChI is InChI=1S/C11H10ClFN4O/c12-8-5-7(1-2-9(8)13)6-17-4-3-15-11(17)10(14)16-18/h1-5,18H,6H2,(H2,14,16). The first-order valence-electron chi connectivity index (χ1n) is 5.05. The number of oxime groups is 1. The Balaban J connectivity index is 2.29. The van der Waals surface area contributed by atoms with Gasteiger partial charge in [0.2, 0.25) is 5.84 Å². The van der Waals surface area contributed by atoms with Crippen LogP contribution in [-0.2, 0) is 6.54 Å².